The fraction of sp³-hybridized carbons (Fsp3) is 0.494. The maximum atomic E-state index is 16.4. The summed E-state index contributed by atoms with van der Waals surface area (Å²) in [5.41, 5.74) is 8.36. The van der Waals surface area contributed by atoms with Gasteiger partial charge in [-0.15, -0.1) is 0 Å². The molecule has 7 amide bonds. The van der Waals surface area contributed by atoms with Gasteiger partial charge in [0.15, 0.2) is 41.6 Å². The summed E-state index contributed by atoms with van der Waals surface area (Å²) in [5, 5.41) is 172. The summed E-state index contributed by atoms with van der Waals surface area (Å²) in [5.74, 6) is -19.8. The summed E-state index contributed by atoms with van der Waals surface area (Å²) in [4.78, 5) is 133. The largest absolute Gasteiger partial charge is 0.508 e. The number of amides is 7. The monoisotopic (exact) mass is 1680 g/mol. The number of rotatable bonds is 22. The van der Waals surface area contributed by atoms with Crippen molar-refractivity contribution < 1.29 is 143 Å². The standard InChI is InChI=1S/C77H95Cl2N9O29/c1-29(2)15-42(82-5)72(108)87-58-45(94)19-35(22-53(80)97)70(106)85-56-34-20-50(113-48-11-8-32(60(58)98)17-40(48)78)67(117-76-68(65(103)63(101)52(28-90)115-76)116-54-26-77(4,81)69(105)30(3)112-54)51(21-34)114-49-12-9-33(18-41(49)79)61(99)59-74(110)86-57(73(109)83-13-6-14-84-75(111)66(104)64(102)62(100)47(96)27-89)39-23-36(91)24-44(93)55(39)38-16-31(7-10-43(38)92)37(25-46(56)95)71(107)88-59/h7-12,16-18,20-21,23-24,29-30,35,37,42,47,52,54,56-66,68-69,76,82,89-93,96,98-105H,6,13-15,19,22,25-28,81H2,1-5H3,(H2,80,97)(H,83,109)(H,84,111)(H,85,106)(H,86,110)(H,87,108)(H,88,107)/t30?,35-,37+,42+,47+,52?,54-,56+,57-,58-,59-,60+,61+,62+,63-,64-,65?,66+,68?,69+,76+,77+/m0/s1. The first-order valence-electron chi connectivity index (χ1n) is 37.3. The second-order valence-electron chi connectivity index (χ2n) is 30.1. The van der Waals surface area contributed by atoms with E-state index < -0.39 is 293 Å². The van der Waals surface area contributed by atoms with Gasteiger partial charge in [0.1, 0.15) is 102 Å². The van der Waals surface area contributed by atoms with Gasteiger partial charge >= 0.3 is 0 Å². The van der Waals surface area contributed by atoms with E-state index in [9.17, 15) is 90.7 Å². The maximum absolute atomic E-state index is 16.4. The van der Waals surface area contributed by atoms with E-state index in [-0.39, 0.29) is 59.2 Å². The number of aromatic hydroxyl groups is 3. The van der Waals surface area contributed by atoms with Gasteiger partial charge in [0.05, 0.1) is 53.3 Å². The lowest BCUT2D eigenvalue weighted by atomic mass is 9.84. The van der Waals surface area contributed by atoms with Crippen LogP contribution < -0.4 is 62.9 Å². The quantitative estimate of drug-likeness (QED) is 0.0335. The van der Waals surface area contributed by atoms with Crippen molar-refractivity contribution in [2.24, 2.45) is 23.3 Å². The van der Waals surface area contributed by atoms with Crippen molar-refractivity contribution in [1.29, 1.82) is 0 Å². The number of aliphatic hydroxyl groups is 11. The van der Waals surface area contributed by atoms with Crippen LogP contribution in [-0.2, 0) is 57.4 Å². The molecule has 7 aliphatic heterocycles. The van der Waals surface area contributed by atoms with E-state index in [4.69, 9.17) is 63.1 Å². The first-order valence-corrected chi connectivity index (χ1v) is 38.1. The Kier molecular flexibility index (Phi) is 29.2. The molecule has 2 saturated heterocycles. The van der Waals surface area contributed by atoms with Crippen LogP contribution in [0.4, 0.5) is 0 Å². The SMILES string of the molecule is CN[C@H](CC(C)C)C(=O)N[C@H]1C(=O)C[C@@H](CC(N)=O)C(=O)N[C@H]2C(=O)C[C@H]3C(=O)N[C@H](C(=O)N[C@H](C(=O)NCCCNC(=O)[C@H](O)[C@@H](O)[C@H](O)[C@H](O)CO)c4cc(O)cc(O)c4-c4cc3ccc4O)[C@H](O)c3ccc(c(Cl)c3)Oc3cc2cc(c3O[C@H]2OC(CO)[C@H](O)C(O)C2O[C@H]2C[C@@](C)(N)[C@H](O)C(C)O2)Oc2ccc(cc2Cl)[C@H]1O. The van der Waals surface area contributed by atoms with Gasteiger partial charge in [0.25, 0.3) is 5.91 Å². The number of carbonyl (C=O) groups is 9. The van der Waals surface area contributed by atoms with Crippen LogP contribution in [0.2, 0.25) is 10.0 Å². The molecule has 38 nitrogen and oxygen atoms in total. The fourth-order valence-corrected chi connectivity index (χ4v) is 14.9. The minimum absolute atomic E-state index is 0.103. The van der Waals surface area contributed by atoms with Crippen LogP contribution in [0.5, 0.6) is 46.0 Å². The number of nitrogens with one attached hydrogen (secondary N) is 7. The van der Waals surface area contributed by atoms with Crippen molar-refractivity contribution in [2.45, 2.75) is 194 Å². The lowest BCUT2D eigenvalue weighted by Gasteiger charge is -2.47. The highest BCUT2D eigenvalue weighted by Gasteiger charge is 2.52. The highest BCUT2D eigenvalue weighted by molar-refractivity contribution is 6.32. The zero-order valence-electron chi connectivity index (χ0n) is 63.6. The third kappa shape index (κ3) is 20.4. The highest BCUT2D eigenvalue weighted by Crippen LogP contribution is 2.50. The number of primary amides is 1. The van der Waals surface area contributed by atoms with Crippen LogP contribution in [0.15, 0.2) is 78.9 Å². The Labute approximate surface area is 677 Å². The Hall–Kier alpha value is -9.53. The van der Waals surface area contributed by atoms with E-state index in [1.54, 1.807) is 0 Å². The Morgan fingerprint density at radius 2 is 1.33 bits per heavy atom. The molecule has 117 heavy (non-hydrogen) atoms. The van der Waals surface area contributed by atoms with E-state index in [0.717, 1.165) is 66.7 Å². The fourth-order valence-electron chi connectivity index (χ4n) is 14.4. The maximum Gasteiger partial charge on any atom is 0.251 e. The van der Waals surface area contributed by atoms with Crippen LogP contribution >= 0.6 is 23.2 Å². The van der Waals surface area contributed by atoms with Gasteiger partial charge in [-0.25, -0.2) is 0 Å². The second kappa shape index (κ2) is 38.0. The smallest absolute Gasteiger partial charge is 0.251 e. The minimum atomic E-state index is -2.34. The third-order valence-electron chi connectivity index (χ3n) is 20.9. The molecule has 40 heteroatoms. The van der Waals surface area contributed by atoms with Gasteiger partial charge in [-0.05, 0) is 122 Å². The third-order valence-corrected chi connectivity index (χ3v) is 21.4. The summed E-state index contributed by atoms with van der Waals surface area (Å²) < 4.78 is 38.6. The van der Waals surface area contributed by atoms with E-state index in [1.807, 2.05) is 13.8 Å². The van der Waals surface area contributed by atoms with E-state index in [2.05, 4.69) is 37.2 Å². The molecule has 12 rings (SSSR count). The average molecular weight is 1680 g/mol. The number of benzene rings is 5. The van der Waals surface area contributed by atoms with Gasteiger partial charge in [-0.1, -0.05) is 55.2 Å². The van der Waals surface area contributed by atoms with Crippen molar-refractivity contribution in [2.75, 3.05) is 33.4 Å². The number of hydrogen-bond donors (Lipinski definition) is 23. The van der Waals surface area contributed by atoms with Crippen molar-refractivity contribution in [3.05, 3.63) is 117 Å². The molecule has 11 bridgehead atoms. The average Bonchev–Trinajstić information content (AvgIpc) is 0.766. The van der Waals surface area contributed by atoms with Crippen molar-refractivity contribution in [3.63, 3.8) is 0 Å². The molecule has 5 aromatic carbocycles. The molecule has 0 aliphatic carbocycles. The predicted octanol–water partition coefficient (Wildman–Crippen LogP) is -1.94. The molecule has 25 N–H and O–H groups in total. The van der Waals surface area contributed by atoms with Crippen molar-refractivity contribution in [1.82, 2.24) is 37.2 Å². The number of aliphatic hydroxyl groups excluding tert-OH is 11. The van der Waals surface area contributed by atoms with E-state index in [0.29, 0.717) is 0 Å². The minimum Gasteiger partial charge on any atom is -0.508 e. The molecule has 0 aromatic heterocycles. The Morgan fingerprint density at radius 3 is 1.93 bits per heavy atom. The number of ketones is 2. The normalized spacial score (nSPS) is 28.2. The molecule has 2 fully saturated rings. The van der Waals surface area contributed by atoms with Crippen LogP contribution in [0.25, 0.3) is 11.1 Å². The molecule has 7 heterocycles. The summed E-state index contributed by atoms with van der Waals surface area (Å²) in [6, 6.07) is 4.33. The van der Waals surface area contributed by atoms with Gasteiger partial charge in [0.2, 0.25) is 47.5 Å². The highest BCUT2D eigenvalue weighted by atomic mass is 35.5. The summed E-state index contributed by atoms with van der Waals surface area (Å²) in [7, 11) is 1.48. The number of carbonyl (C=O) groups excluding carboxylic acids is 9. The molecule has 7 aliphatic rings. The van der Waals surface area contributed by atoms with Gasteiger partial charge < -0.3 is 149 Å². The number of ether oxygens (including phenoxy) is 6. The predicted molar refractivity (Wildman–Crippen MR) is 406 cm³/mol. The molecule has 22 atom stereocenters. The summed E-state index contributed by atoms with van der Waals surface area (Å²) in [6.45, 7) is 3.80. The number of likely N-dealkylation sites (N-methyl/N-ethyl adjacent to an activating group) is 1. The Balaban J connectivity index is 1.17. The molecule has 5 aromatic rings. The number of halogens is 2. The van der Waals surface area contributed by atoms with Crippen molar-refractivity contribution in [3.8, 4) is 57.1 Å². The number of fused-ring (bicyclic) bond motifs is 15. The molecule has 0 radical (unpaired) electrons. The molecule has 0 saturated carbocycles. The van der Waals surface area contributed by atoms with Crippen LogP contribution in [0.1, 0.15) is 124 Å². The van der Waals surface area contributed by atoms with Gasteiger partial charge in [-0.3, -0.25) is 43.2 Å². The number of Topliss-reactive ketones (excluding diaryl/α,β-unsaturated/α-hetero) is 2. The Bertz CT molecular complexity index is 4540. The first-order chi connectivity index (χ1) is 55.2. The summed E-state index contributed by atoms with van der Waals surface area (Å²) in [6.07, 6.45) is -29.7. The van der Waals surface area contributed by atoms with Gasteiger partial charge in [-0.2, -0.15) is 0 Å². The lowest BCUT2D eigenvalue weighted by molar-refractivity contribution is -0.333. The van der Waals surface area contributed by atoms with Crippen molar-refractivity contribution >= 4 is 76.1 Å². The topological polar surface area (TPSA) is 628 Å². The number of nitrogens with two attached hydrogens (primary N) is 2. The van der Waals surface area contributed by atoms with Crippen LogP contribution in [0, 0.1) is 11.8 Å². The first kappa shape index (κ1) is 89.8. The van der Waals surface area contributed by atoms with E-state index in [1.165, 1.54) is 33.0 Å². The zero-order chi connectivity index (χ0) is 85.7. The molecule has 4 unspecified atom stereocenters. The van der Waals surface area contributed by atoms with E-state index >= 15 is 24.0 Å². The molecule has 0 spiro atoms. The number of phenolic OH excluding ortho intramolecular Hbond substituents is 3. The number of hydrogen-bond acceptors (Lipinski definition) is 31. The summed E-state index contributed by atoms with van der Waals surface area (Å²) >= 11 is 14.3. The molecule has 636 valence electrons. The molecular formula is C77H95Cl2N9O29. The molecular weight excluding hydrogens is 1590 g/mol. The number of phenols is 3. The Morgan fingerprint density at radius 1 is 0.701 bits per heavy atom. The van der Waals surface area contributed by atoms with Crippen LogP contribution in [0.3, 0.4) is 0 Å². The second-order valence-corrected chi connectivity index (χ2v) is 30.9. The zero-order valence-corrected chi connectivity index (χ0v) is 65.1. The van der Waals surface area contributed by atoms with Crippen LogP contribution in [-0.4, -0.2) is 255 Å². The lowest BCUT2D eigenvalue weighted by Crippen LogP contribution is -2.64. The van der Waals surface area contributed by atoms with Gasteiger partial charge in [0, 0.05) is 61.5 Å².